The molecule has 2 rings (SSSR count). The van der Waals surface area contributed by atoms with Crippen molar-refractivity contribution in [1.29, 1.82) is 0 Å². The van der Waals surface area contributed by atoms with Crippen LogP contribution in [0.5, 0.6) is 0 Å². The van der Waals surface area contributed by atoms with Crippen molar-refractivity contribution in [3.63, 3.8) is 0 Å². The smallest absolute Gasteiger partial charge is 0.160 e. The third kappa shape index (κ3) is 1.67. The van der Waals surface area contributed by atoms with E-state index in [4.69, 9.17) is 15.5 Å². The van der Waals surface area contributed by atoms with Gasteiger partial charge >= 0.3 is 0 Å². The Hall–Kier alpha value is -1.82. The molecule has 3 N–H and O–H groups in total. The van der Waals surface area contributed by atoms with E-state index in [0.29, 0.717) is 23.3 Å². The van der Waals surface area contributed by atoms with E-state index in [9.17, 15) is 0 Å². The van der Waals surface area contributed by atoms with Crippen molar-refractivity contribution in [3.8, 4) is 0 Å². The summed E-state index contributed by atoms with van der Waals surface area (Å²) >= 11 is 0. The first-order valence-electron chi connectivity index (χ1n) is 5.14. The molecule has 0 fully saturated rings. The van der Waals surface area contributed by atoms with Gasteiger partial charge in [0.25, 0.3) is 0 Å². The van der Waals surface area contributed by atoms with E-state index in [1.165, 1.54) is 0 Å². The average molecular weight is 222 g/mol. The number of nitrogens with zero attached hydrogens (tertiary/aromatic N) is 3. The van der Waals surface area contributed by atoms with Crippen molar-refractivity contribution in [3.05, 3.63) is 12.1 Å². The van der Waals surface area contributed by atoms with Crippen LogP contribution in [-0.2, 0) is 0 Å². The summed E-state index contributed by atoms with van der Waals surface area (Å²) in [6, 6.07) is 3.63. The number of hydrogen-bond donors (Lipinski definition) is 2. The number of aromatic nitrogens is 2. The number of nitrogen functional groups attached to an aromatic ring is 1. The molecule has 0 saturated heterocycles. The zero-order valence-corrected chi connectivity index (χ0v) is 9.05. The molecule has 6 heteroatoms. The molecule has 86 valence electrons. The highest BCUT2D eigenvalue weighted by Crippen LogP contribution is 2.27. The minimum atomic E-state index is 0.0883. The van der Waals surface area contributed by atoms with Crippen LogP contribution in [0.15, 0.2) is 16.8 Å². The van der Waals surface area contributed by atoms with Crippen molar-refractivity contribution < 1.29 is 9.74 Å². The second-order valence-corrected chi connectivity index (χ2v) is 3.44. The van der Waals surface area contributed by atoms with Gasteiger partial charge in [-0.3, -0.25) is 0 Å². The van der Waals surface area contributed by atoms with Crippen LogP contribution < -0.4 is 10.6 Å². The molecule has 6 nitrogen and oxygen atoms in total. The second kappa shape index (κ2) is 4.36. The van der Waals surface area contributed by atoms with Gasteiger partial charge in [-0.2, -0.15) is 0 Å². The Labute approximate surface area is 92.6 Å². The van der Waals surface area contributed by atoms with E-state index < -0.39 is 0 Å². The summed E-state index contributed by atoms with van der Waals surface area (Å²) in [5.41, 5.74) is 8.37. The molecule has 0 aliphatic carbocycles. The number of rotatable bonds is 4. The molecule has 0 aliphatic heterocycles. The molecule has 0 atom stereocenters. The Bertz CT molecular complexity index is 483. The number of fused-ring (bicyclic) bond motifs is 1. The summed E-state index contributed by atoms with van der Waals surface area (Å²) in [5, 5.41) is 16.6. The molecule has 0 aliphatic rings. The molecule has 0 radical (unpaired) electrons. The zero-order chi connectivity index (χ0) is 11.5. The monoisotopic (exact) mass is 222 g/mol. The minimum absolute atomic E-state index is 0.0883. The maximum Gasteiger partial charge on any atom is 0.160 e. The van der Waals surface area contributed by atoms with Gasteiger partial charge < -0.3 is 15.7 Å². The zero-order valence-electron chi connectivity index (χ0n) is 9.05. The number of aliphatic hydroxyl groups excluding tert-OH is 1. The minimum Gasteiger partial charge on any atom is -0.397 e. The maximum atomic E-state index is 8.98. The molecule has 16 heavy (non-hydrogen) atoms. The molecular formula is C10H14N4O2. The van der Waals surface area contributed by atoms with Crippen LogP contribution in [0.2, 0.25) is 0 Å². The van der Waals surface area contributed by atoms with Crippen molar-refractivity contribution in [2.45, 2.75) is 6.92 Å². The van der Waals surface area contributed by atoms with E-state index in [1.807, 2.05) is 17.9 Å². The van der Waals surface area contributed by atoms with Gasteiger partial charge in [-0.1, -0.05) is 0 Å². The van der Waals surface area contributed by atoms with E-state index in [0.717, 1.165) is 12.2 Å². The molecule has 0 amide bonds. The summed E-state index contributed by atoms with van der Waals surface area (Å²) in [5.74, 6) is 0. The predicted octanol–water partition coefficient (Wildman–Crippen LogP) is 0.624. The molecule has 2 aromatic rings. The number of hydrogen-bond acceptors (Lipinski definition) is 6. The van der Waals surface area contributed by atoms with Crippen LogP contribution in [0.3, 0.4) is 0 Å². The summed E-state index contributed by atoms with van der Waals surface area (Å²) in [7, 11) is 0. The largest absolute Gasteiger partial charge is 0.397 e. The average Bonchev–Trinajstić information content (AvgIpc) is 2.77. The second-order valence-electron chi connectivity index (χ2n) is 3.44. The Kier molecular flexibility index (Phi) is 2.91. The molecule has 0 bridgehead atoms. The predicted molar refractivity (Wildman–Crippen MR) is 61.2 cm³/mol. The van der Waals surface area contributed by atoms with E-state index in [1.54, 1.807) is 6.07 Å². The van der Waals surface area contributed by atoms with Crippen molar-refractivity contribution in [2.24, 2.45) is 0 Å². The molecule has 0 spiro atoms. The summed E-state index contributed by atoms with van der Waals surface area (Å²) in [6.45, 7) is 3.41. The number of aliphatic hydroxyl groups is 1. The normalized spacial score (nSPS) is 10.9. The number of nitrogens with two attached hydrogens (primary N) is 1. The van der Waals surface area contributed by atoms with Gasteiger partial charge in [0.05, 0.1) is 18.0 Å². The first-order valence-corrected chi connectivity index (χ1v) is 5.14. The molecular weight excluding hydrogens is 208 g/mol. The highest BCUT2D eigenvalue weighted by atomic mass is 16.6. The van der Waals surface area contributed by atoms with Gasteiger partial charge in [-0.05, 0) is 29.4 Å². The fourth-order valence-corrected chi connectivity index (χ4v) is 1.70. The fourth-order valence-electron chi connectivity index (χ4n) is 1.70. The van der Waals surface area contributed by atoms with Crippen molar-refractivity contribution >= 4 is 22.4 Å². The SMILES string of the molecule is CCN(CCO)c1ccc(N)c2nonc12. The molecule has 0 saturated carbocycles. The lowest BCUT2D eigenvalue weighted by atomic mass is 10.2. The summed E-state index contributed by atoms with van der Waals surface area (Å²) < 4.78 is 4.69. The lowest BCUT2D eigenvalue weighted by Gasteiger charge is -2.21. The molecule has 1 heterocycles. The topological polar surface area (TPSA) is 88.4 Å². The Morgan fingerprint density at radius 3 is 2.81 bits per heavy atom. The maximum absolute atomic E-state index is 8.98. The third-order valence-corrected chi connectivity index (χ3v) is 2.52. The van der Waals surface area contributed by atoms with Gasteiger partial charge in [-0.15, -0.1) is 0 Å². The Morgan fingerprint density at radius 2 is 2.12 bits per heavy atom. The molecule has 1 aromatic heterocycles. The highest BCUT2D eigenvalue weighted by Gasteiger charge is 2.14. The van der Waals surface area contributed by atoms with Crippen molar-refractivity contribution in [1.82, 2.24) is 10.3 Å². The highest BCUT2D eigenvalue weighted by molar-refractivity contribution is 5.95. The van der Waals surface area contributed by atoms with E-state index in [-0.39, 0.29) is 6.61 Å². The van der Waals surface area contributed by atoms with Crippen LogP contribution in [-0.4, -0.2) is 35.1 Å². The Balaban J connectivity index is 2.51. The van der Waals surface area contributed by atoms with E-state index in [2.05, 4.69) is 10.3 Å². The van der Waals surface area contributed by atoms with Gasteiger partial charge in [-0.25, -0.2) is 4.63 Å². The summed E-state index contributed by atoms with van der Waals surface area (Å²) in [4.78, 5) is 1.99. The standard InChI is InChI=1S/C10H14N4O2/c1-2-14(5-6-15)8-4-3-7(11)9-10(8)13-16-12-9/h3-4,15H,2,5-6,11H2,1H3. The Morgan fingerprint density at radius 1 is 1.38 bits per heavy atom. The van der Waals surface area contributed by atoms with Crippen molar-refractivity contribution in [2.75, 3.05) is 30.3 Å². The first kappa shape index (κ1) is 10.7. The number of benzene rings is 1. The van der Waals surface area contributed by atoms with Crippen LogP contribution in [0.1, 0.15) is 6.92 Å². The third-order valence-electron chi connectivity index (χ3n) is 2.52. The molecule has 1 aromatic carbocycles. The number of anilines is 2. The summed E-state index contributed by atoms with van der Waals surface area (Å²) in [6.07, 6.45) is 0. The van der Waals surface area contributed by atoms with Gasteiger partial charge in [0.15, 0.2) is 11.0 Å². The van der Waals surface area contributed by atoms with E-state index >= 15 is 0 Å². The lowest BCUT2D eigenvalue weighted by molar-refractivity contribution is 0.302. The number of likely N-dealkylation sites (N-methyl/N-ethyl adjacent to an activating group) is 1. The fraction of sp³-hybridized carbons (Fsp3) is 0.400. The van der Waals surface area contributed by atoms with Gasteiger partial charge in [0, 0.05) is 13.1 Å². The quantitative estimate of drug-likeness (QED) is 0.737. The van der Waals surface area contributed by atoms with Crippen LogP contribution in [0.25, 0.3) is 11.0 Å². The van der Waals surface area contributed by atoms with Gasteiger partial charge in [0.1, 0.15) is 0 Å². The first-order chi connectivity index (χ1) is 7.77. The van der Waals surface area contributed by atoms with Crippen LogP contribution in [0.4, 0.5) is 11.4 Å². The van der Waals surface area contributed by atoms with Crippen LogP contribution >= 0.6 is 0 Å². The van der Waals surface area contributed by atoms with Crippen LogP contribution in [0, 0.1) is 0 Å². The van der Waals surface area contributed by atoms with Gasteiger partial charge in [0.2, 0.25) is 0 Å². The molecule has 0 unspecified atom stereocenters. The lowest BCUT2D eigenvalue weighted by Crippen LogP contribution is -2.26.